The van der Waals surface area contributed by atoms with E-state index >= 15 is 0 Å². The number of halogens is 1. The highest BCUT2D eigenvalue weighted by Crippen LogP contribution is 2.37. The first kappa shape index (κ1) is 16.6. The Morgan fingerprint density at radius 1 is 0.963 bits per heavy atom. The Hall–Kier alpha value is -2.52. The van der Waals surface area contributed by atoms with Crippen molar-refractivity contribution in [3.8, 4) is 11.3 Å². The van der Waals surface area contributed by atoms with Crippen LogP contribution in [-0.4, -0.2) is 11.0 Å². The van der Waals surface area contributed by atoms with E-state index in [0.29, 0.717) is 6.04 Å². The molecule has 0 saturated heterocycles. The molecule has 0 radical (unpaired) electrons. The molecule has 27 heavy (non-hydrogen) atoms. The third-order valence-electron chi connectivity index (χ3n) is 5.50. The van der Waals surface area contributed by atoms with Crippen LogP contribution in [0.15, 0.2) is 59.3 Å². The minimum Gasteiger partial charge on any atom is -0.456 e. The average molecular weight is 377 g/mol. The molecule has 5 rings (SSSR count). The Morgan fingerprint density at radius 2 is 1.81 bits per heavy atom. The van der Waals surface area contributed by atoms with Crippen LogP contribution in [0.4, 0.5) is 5.69 Å². The van der Waals surface area contributed by atoms with Gasteiger partial charge in [0.1, 0.15) is 11.3 Å². The highest BCUT2D eigenvalue weighted by atomic mass is 35.5. The molecule has 0 aliphatic heterocycles. The molecule has 4 aromatic rings. The number of furan rings is 1. The Labute approximate surface area is 163 Å². The van der Waals surface area contributed by atoms with E-state index in [0.717, 1.165) is 43.8 Å². The zero-order chi connectivity index (χ0) is 18.2. The van der Waals surface area contributed by atoms with Crippen molar-refractivity contribution in [2.24, 2.45) is 0 Å². The molecule has 0 spiro atoms. The molecule has 0 amide bonds. The molecule has 3 nitrogen and oxygen atoms in total. The second kappa shape index (κ2) is 6.90. The third-order valence-corrected chi connectivity index (χ3v) is 5.82. The van der Waals surface area contributed by atoms with Gasteiger partial charge in [0, 0.05) is 34.8 Å². The molecule has 1 saturated carbocycles. The number of nitrogens with zero attached hydrogens (tertiary/aromatic N) is 1. The topological polar surface area (TPSA) is 38.1 Å². The number of rotatable bonds is 3. The van der Waals surface area contributed by atoms with Crippen LogP contribution in [0.5, 0.6) is 0 Å². The molecular weight excluding hydrogens is 356 g/mol. The smallest absolute Gasteiger partial charge is 0.137 e. The molecule has 2 heterocycles. The third kappa shape index (κ3) is 3.17. The van der Waals surface area contributed by atoms with E-state index in [1.165, 1.54) is 32.1 Å². The largest absolute Gasteiger partial charge is 0.456 e. The summed E-state index contributed by atoms with van der Waals surface area (Å²) in [5, 5.41) is 7.63. The first-order valence-electron chi connectivity index (χ1n) is 9.61. The number of nitrogens with one attached hydrogen (secondary N) is 1. The van der Waals surface area contributed by atoms with E-state index in [2.05, 4.69) is 28.5 Å². The summed E-state index contributed by atoms with van der Waals surface area (Å²) in [6.45, 7) is 0. The van der Waals surface area contributed by atoms with Gasteiger partial charge in [-0.2, -0.15) is 0 Å². The molecule has 1 fully saturated rings. The Bertz CT molecular complexity index is 1080. The maximum atomic E-state index is 6.57. The van der Waals surface area contributed by atoms with Crippen LogP contribution in [0, 0.1) is 0 Å². The predicted octanol–water partition coefficient (Wildman–Crippen LogP) is 7.05. The fourth-order valence-corrected chi connectivity index (χ4v) is 4.31. The number of hydrogen-bond donors (Lipinski definition) is 1. The minimum absolute atomic E-state index is 0.505. The number of pyridine rings is 1. The summed E-state index contributed by atoms with van der Waals surface area (Å²) in [5.74, 6) is 0.834. The summed E-state index contributed by atoms with van der Waals surface area (Å²) in [5.41, 5.74) is 2.88. The quantitative estimate of drug-likeness (QED) is 0.416. The van der Waals surface area contributed by atoms with Crippen molar-refractivity contribution in [1.29, 1.82) is 0 Å². The van der Waals surface area contributed by atoms with Gasteiger partial charge in [-0.15, -0.1) is 0 Å². The maximum absolute atomic E-state index is 6.57. The van der Waals surface area contributed by atoms with E-state index in [1.807, 2.05) is 36.7 Å². The summed E-state index contributed by atoms with van der Waals surface area (Å²) >= 11 is 6.57. The molecule has 1 aliphatic rings. The van der Waals surface area contributed by atoms with Gasteiger partial charge in [0.2, 0.25) is 0 Å². The van der Waals surface area contributed by atoms with Gasteiger partial charge < -0.3 is 9.73 Å². The Morgan fingerprint density at radius 3 is 2.67 bits per heavy atom. The second-order valence-corrected chi connectivity index (χ2v) is 7.78. The minimum atomic E-state index is 0.505. The number of hydrogen-bond acceptors (Lipinski definition) is 3. The summed E-state index contributed by atoms with van der Waals surface area (Å²) in [6.07, 6.45) is 10.1. The van der Waals surface area contributed by atoms with Gasteiger partial charge in [-0.05, 0) is 42.5 Å². The lowest BCUT2D eigenvalue weighted by atomic mass is 9.95. The van der Waals surface area contributed by atoms with Crippen molar-refractivity contribution in [2.75, 3.05) is 5.32 Å². The summed E-state index contributed by atoms with van der Waals surface area (Å²) in [6, 6.07) is 14.8. The first-order chi connectivity index (χ1) is 13.3. The van der Waals surface area contributed by atoms with Crippen LogP contribution in [0.2, 0.25) is 5.02 Å². The second-order valence-electron chi connectivity index (χ2n) is 7.37. The van der Waals surface area contributed by atoms with E-state index in [9.17, 15) is 0 Å². The lowest BCUT2D eigenvalue weighted by Crippen LogP contribution is -2.22. The van der Waals surface area contributed by atoms with Gasteiger partial charge in [0.25, 0.3) is 0 Å². The Balaban J connectivity index is 1.60. The highest BCUT2D eigenvalue weighted by molar-refractivity contribution is 6.34. The van der Waals surface area contributed by atoms with Gasteiger partial charge in [-0.3, -0.25) is 4.98 Å². The van der Waals surface area contributed by atoms with Crippen molar-refractivity contribution >= 4 is 39.0 Å². The number of fused-ring (bicyclic) bond motifs is 2. The molecule has 4 heteroatoms. The SMILES string of the molecule is Clc1cc2cncc(-c3cc4ccccc4o3)c2cc1NC1CCCCC1. The maximum Gasteiger partial charge on any atom is 0.137 e. The van der Waals surface area contributed by atoms with Crippen LogP contribution < -0.4 is 5.32 Å². The molecule has 0 bridgehead atoms. The predicted molar refractivity (Wildman–Crippen MR) is 112 cm³/mol. The number of anilines is 1. The Kier molecular flexibility index (Phi) is 4.25. The standard InChI is InChI=1S/C23H21ClN2O/c24-20-10-16-13-25-14-19(23-11-15-6-4-5-9-22(15)27-23)18(16)12-21(20)26-17-7-2-1-3-8-17/h4-6,9-14,17,26H,1-3,7-8H2. The van der Waals surface area contributed by atoms with E-state index in [-0.39, 0.29) is 0 Å². The van der Waals surface area contributed by atoms with Crippen LogP contribution >= 0.6 is 11.6 Å². The molecule has 0 unspecified atom stereocenters. The zero-order valence-electron chi connectivity index (χ0n) is 15.0. The van der Waals surface area contributed by atoms with Gasteiger partial charge in [0.15, 0.2) is 0 Å². The van der Waals surface area contributed by atoms with Crippen molar-refractivity contribution in [1.82, 2.24) is 4.98 Å². The first-order valence-corrected chi connectivity index (χ1v) is 9.98. The number of para-hydroxylation sites is 1. The molecule has 0 atom stereocenters. The van der Waals surface area contributed by atoms with Gasteiger partial charge in [-0.1, -0.05) is 49.1 Å². The molecule has 1 aliphatic carbocycles. The summed E-state index contributed by atoms with van der Waals surface area (Å²) in [7, 11) is 0. The lowest BCUT2D eigenvalue weighted by Gasteiger charge is -2.24. The van der Waals surface area contributed by atoms with Crippen molar-refractivity contribution < 1.29 is 4.42 Å². The number of benzene rings is 2. The fraction of sp³-hybridized carbons (Fsp3) is 0.261. The van der Waals surface area contributed by atoms with E-state index in [4.69, 9.17) is 16.0 Å². The highest BCUT2D eigenvalue weighted by Gasteiger charge is 2.16. The van der Waals surface area contributed by atoms with E-state index in [1.54, 1.807) is 0 Å². The molecule has 1 N–H and O–H groups in total. The monoisotopic (exact) mass is 376 g/mol. The van der Waals surface area contributed by atoms with Crippen molar-refractivity contribution in [3.05, 3.63) is 59.9 Å². The van der Waals surface area contributed by atoms with Crippen molar-refractivity contribution in [3.63, 3.8) is 0 Å². The molecular formula is C23H21ClN2O. The van der Waals surface area contributed by atoms with Gasteiger partial charge in [0.05, 0.1) is 10.7 Å². The average Bonchev–Trinajstić information content (AvgIpc) is 3.13. The van der Waals surface area contributed by atoms with E-state index < -0.39 is 0 Å². The summed E-state index contributed by atoms with van der Waals surface area (Å²) in [4.78, 5) is 4.41. The molecule has 2 aromatic heterocycles. The summed E-state index contributed by atoms with van der Waals surface area (Å²) < 4.78 is 6.09. The van der Waals surface area contributed by atoms with Crippen LogP contribution in [-0.2, 0) is 0 Å². The van der Waals surface area contributed by atoms with Crippen LogP contribution in [0.1, 0.15) is 32.1 Å². The van der Waals surface area contributed by atoms with Gasteiger partial charge >= 0.3 is 0 Å². The molecule has 2 aromatic carbocycles. The van der Waals surface area contributed by atoms with Gasteiger partial charge in [-0.25, -0.2) is 0 Å². The molecule has 136 valence electrons. The van der Waals surface area contributed by atoms with Crippen LogP contribution in [0.25, 0.3) is 33.1 Å². The number of aromatic nitrogens is 1. The lowest BCUT2D eigenvalue weighted by molar-refractivity contribution is 0.463. The van der Waals surface area contributed by atoms with Crippen LogP contribution in [0.3, 0.4) is 0 Å². The normalized spacial score (nSPS) is 15.4. The fourth-order valence-electron chi connectivity index (χ4n) is 4.08. The zero-order valence-corrected chi connectivity index (χ0v) is 15.8. The van der Waals surface area contributed by atoms with Crippen molar-refractivity contribution in [2.45, 2.75) is 38.1 Å².